The summed E-state index contributed by atoms with van der Waals surface area (Å²) in [5.41, 5.74) is 3.98. The van der Waals surface area contributed by atoms with Crippen LogP contribution in [0.25, 0.3) is 28.2 Å². The highest BCUT2D eigenvalue weighted by molar-refractivity contribution is 9.10. The van der Waals surface area contributed by atoms with E-state index < -0.39 is 0 Å². The molecule has 5 nitrogen and oxygen atoms in total. The molecule has 0 saturated heterocycles. The molecule has 7 heteroatoms. The lowest BCUT2D eigenvalue weighted by atomic mass is 10.1. The Hall–Kier alpha value is -3.03. The Morgan fingerprint density at radius 1 is 0.968 bits per heavy atom. The number of carbonyl (C=O) groups is 1. The summed E-state index contributed by atoms with van der Waals surface area (Å²) in [6.45, 7) is 1.94. The van der Waals surface area contributed by atoms with E-state index in [1.54, 1.807) is 22.8 Å². The van der Waals surface area contributed by atoms with E-state index in [2.05, 4.69) is 37.2 Å². The van der Waals surface area contributed by atoms with Crippen molar-refractivity contribution in [1.29, 1.82) is 0 Å². The summed E-state index contributed by atoms with van der Waals surface area (Å²) in [6, 6.07) is 18.6. The first-order valence-corrected chi connectivity index (χ1v) is 11.1. The van der Waals surface area contributed by atoms with Crippen molar-refractivity contribution >= 4 is 66.0 Å². The molecule has 1 aliphatic rings. The van der Waals surface area contributed by atoms with Gasteiger partial charge in [-0.15, -0.1) is 0 Å². The van der Waals surface area contributed by atoms with Gasteiger partial charge in [0.2, 0.25) is 0 Å². The number of fused-ring (bicyclic) bond motifs is 2. The third kappa shape index (κ3) is 3.43. The molecular formula is C24H15Br2N3O2. The number of carbonyl (C=O) groups excluding carboxylic acids is 1. The predicted octanol–water partition coefficient (Wildman–Crippen LogP) is 5.71. The van der Waals surface area contributed by atoms with Gasteiger partial charge in [-0.25, -0.2) is 4.98 Å². The second-order valence-corrected chi connectivity index (χ2v) is 9.09. The molecule has 0 atom stereocenters. The van der Waals surface area contributed by atoms with E-state index in [1.165, 1.54) is 0 Å². The van der Waals surface area contributed by atoms with Crippen LogP contribution in [0, 0.1) is 6.92 Å². The molecule has 4 aromatic rings. The molecule has 0 spiro atoms. The lowest BCUT2D eigenvalue weighted by Crippen LogP contribution is -2.23. The second kappa shape index (κ2) is 7.59. The largest absolute Gasteiger partial charge is 0.321 e. The van der Waals surface area contributed by atoms with Crippen LogP contribution in [0.4, 0.5) is 5.69 Å². The number of halogens is 2. The van der Waals surface area contributed by atoms with Gasteiger partial charge in [-0.2, -0.15) is 0 Å². The number of aromatic nitrogens is 2. The molecule has 2 heterocycles. The number of nitrogens with one attached hydrogen (secondary N) is 1. The predicted molar refractivity (Wildman–Crippen MR) is 130 cm³/mol. The van der Waals surface area contributed by atoms with E-state index in [1.807, 2.05) is 55.5 Å². The highest BCUT2D eigenvalue weighted by Gasteiger charge is 2.25. The smallest absolute Gasteiger partial charge is 0.266 e. The number of hydrogen-bond donors (Lipinski definition) is 1. The fraction of sp³-hybridized carbons (Fsp3) is 0.0417. The van der Waals surface area contributed by atoms with Crippen molar-refractivity contribution in [3.63, 3.8) is 0 Å². The maximum absolute atomic E-state index is 13.6. The molecule has 0 radical (unpaired) electrons. The first kappa shape index (κ1) is 19.9. The zero-order valence-corrected chi connectivity index (χ0v) is 19.5. The molecule has 31 heavy (non-hydrogen) atoms. The van der Waals surface area contributed by atoms with Gasteiger partial charge in [-0.3, -0.25) is 14.2 Å². The van der Waals surface area contributed by atoms with Gasteiger partial charge < -0.3 is 5.32 Å². The molecule has 152 valence electrons. The van der Waals surface area contributed by atoms with Gasteiger partial charge in [-0.1, -0.05) is 50.1 Å². The van der Waals surface area contributed by atoms with Crippen molar-refractivity contribution in [2.75, 3.05) is 5.32 Å². The molecule has 1 N–H and O–H groups in total. The lowest BCUT2D eigenvalue weighted by Gasteiger charge is -2.14. The Morgan fingerprint density at radius 3 is 2.52 bits per heavy atom. The number of rotatable bonds is 2. The number of para-hydroxylation sites is 1. The van der Waals surface area contributed by atoms with Crippen LogP contribution in [-0.2, 0) is 4.79 Å². The number of benzene rings is 3. The Bertz CT molecular complexity index is 1490. The van der Waals surface area contributed by atoms with Crippen molar-refractivity contribution in [3.05, 3.63) is 96.9 Å². The summed E-state index contributed by atoms with van der Waals surface area (Å²) in [5.74, 6) is 0.168. The van der Waals surface area contributed by atoms with Crippen LogP contribution in [-0.4, -0.2) is 15.5 Å². The zero-order chi connectivity index (χ0) is 21.7. The van der Waals surface area contributed by atoms with Crippen LogP contribution in [0.1, 0.15) is 17.0 Å². The van der Waals surface area contributed by atoms with Gasteiger partial charge in [0.05, 0.1) is 22.2 Å². The van der Waals surface area contributed by atoms with Crippen molar-refractivity contribution in [1.82, 2.24) is 9.55 Å². The van der Waals surface area contributed by atoms with E-state index in [-0.39, 0.29) is 11.5 Å². The number of hydrogen-bond acceptors (Lipinski definition) is 3. The minimum atomic E-state index is -0.227. The summed E-state index contributed by atoms with van der Waals surface area (Å²) in [7, 11) is 0. The zero-order valence-electron chi connectivity index (χ0n) is 16.3. The Morgan fingerprint density at radius 2 is 1.71 bits per heavy atom. The molecule has 0 aliphatic carbocycles. The van der Waals surface area contributed by atoms with Gasteiger partial charge in [0, 0.05) is 20.2 Å². The Balaban J connectivity index is 1.85. The van der Waals surface area contributed by atoms with Gasteiger partial charge in [0.15, 0.2) is 0 Å². The van der Waals surface area contributed by atoms with Gasteiger partial charge in [0.25, 0.3) is 11.5 Å². The number of anilines is 1. The van der Waals surface area contributed by atoms with Crippen molar-refractivity contribution in [3.8, 4) is 5.69 Å². The Kier molecular flexibility index (Phi) is 4.87. The molecule has 1 aliphatic heterocycles. The average Bonchev–Trinajstić information content (AvgIpc) is 3.04. The fourth-order valence-electron chi connectivity index (χ4n) is 3.75. The third-order valence-electron chi connectivity index (χ3n) is 5.25. The molecule has 3 aromatic carbocycles. The minimum Gasteiger partial charge on any atom is -0.321 e. The van der Waals surface area contributed by atoms with Crippen LogP contribution >= 0.6 is 31.9 Å². The summed E-state index contributed by atoms with van der Waals surface area (Å²) >= 11 is 6.91. The minimum absolute atomic E-state index is 0.194. The lowest BCUT2D eigenvalue weighted by molar-refractivity contribution is -0.110. The molecule has 0 bridgehead atoms. The summed E-state index contributed by atoms with van der Waals surface area (Å²) < 4.78 is 3.23. The van der Waals surface area contributed by atoms with E-state index in [4.69, 9.17) is 4.98 Å². The SMILES string of the molecule is Cc1ccccc1-n1c(/C=C2/C(=O)Nc3ccc(Br)cc32)nc2ccc(Br)cc2c1=O. The molecule has 0 unspecified atom stereocenters. The van der Waals surface area contributed by atoms with Gasteiger partial charge in [0.1, 0.15) is 5.82 Å². The van der Waals surface area contributed by atoms with Gasteiger partial charge in [-0.05, 0) is 61.0 Å². The van der Waals surface area contributed by atoms with Crippen LogP contribution in [0.3, 0.4) is 0 Å². The number of aryl methyl sites for hydroxylation is 1. The Labute approximate surface area is 194 Å². The monoisotopic (exact) mass is 535 g/mol. The van der Waals surface area contributed by atoms with Gasteiger partial charge >= 0.3 is 0 Å². The molecule has 0 saturated carbocycles. The third-order valence-corrected chi connectivity index (χ3v) is 6.24. The number of nitrogens with zero attached hydrogens (tertiary/aromatic N) is 2. The quantitative estimate of drug-likeness (QED) is 0.334. The van der Waals surface area contributed by atoms with E-state index in [0.29, 0.717) is 22.3 Å². The molecule has 1 amide bonds. The van der Waals surface area contributed by atoms with Crippen LogP contribution < -0.4 is 10.9 Å². The molecule has 0 fully saturated rings. The average molecular weight is 537 g/mol. The molecule has 1 aromatic heterocycles. The first-order valence-electron chi connectivity index (χ1n) is 9.54. The normalized spacial score (nSPS) is 14.2. The van der Waals surface area contributed by atoms with Crippen LogP contribution in [0.5, 0.6) is 0 Å². The van der Waals surface area contributed by atoms with E-state index >= 15 is 0 Å². The van der Waals surface area contributed by atoms with Crippen molar-refractivity contribution in [2.24, 2.45) is 0 Å². The molecular weight excluding hydrogens is 522 g/mol. The topological polar surface area (TPSA) is 64.0 Å². The maximum Gasteiger partial charge on any atom is 0.266 e. The van der Waals surface area contributed by atoms with Crippen molar-refractivity contribution < 1.29 is 4.79 Å². The fourth-order valence-corrected chi connectivity index (χ4v) is 4.47. The maximum atomic E-state index is 13.6. The number of amides is 1. The second-order valence-electron chi connectivity index (χ2n) is 7.26. The van der Waals surface area contributed by atoms with Crippen LogP contribution in [0.2, 0.25) is 0 Å². The highest BCUT2D eigenvalue weighted by atomic mass is 79.9. The van der Waals surface area contributed by atoms with E-state index in [9.17, 15) is 9.59 Å². The molecule has 5 rings (SSSR count). The van der Waals surface area contributed by atoms with Crippen LogP contribution in [0.15, 0.2) is 74.4 Å². The summed E-state index contributed by atoms with van der Waals surface area (Å²) in [4.78, 5) is 31.1. The summed E-state index contributed by atoms with van der Waals surface area (Å²) in [6.07, 6.45) is 1.68. The standard InChI is InChI=1S/C24H15Br2N3O2/c1-13-4-2-3-5-21(13)29-22(27-20-9-7-15(26)11-18(20)24(29)31)12-17-16-10-14(25)6-8-19(16)28-23(17)30/h2-12H,1H3,(H,28,30)/b17-12+. The summed E-state index contributed by atoms with van der Waals surface area (Å²) in [5, 5.41) is 3.37. The first-order chi connectivity index (χ1) is 14.9. The van der Waals surface area contributed by atoms with E-state index in [0.717, 1.165) is 31.4 Å². The highest BCUT2D eigenvalue weighted by Crippen LogP contribution is 2.35. The van der Waals surface area contributed by atoms with Crippen molar-refractivity contribution in [2.45, 2.75) is 6.92 Å².